The fraction of sp³-hybridized carbons (Fsp3) is 0.917. The van der Waals surface area contributed by atoms with Gasteiger partial charge in [0.25, 0.3) is 0 Å². The minimum atomic E-state index is -3.88. The van der Waals surface area contributed by atoms with Gasteiger partial charge in [-0.15, -0.1) is 0 Å². The van der Waals surface area contributed by atoms with Crippen molar-refractivity contribution in [3.8, 4) is 0 Å². The predicted molar refractivity (Wildman–Crippen MR) is 128 cm³/mol. The lowest BCUT2D eigenvalue weighted by Crippen LogP contribution is -2.31. The summed E-state index contributed by atoms with van der Waals surface area (Å²) in [6, 6.07) is 0. The van der Waals surface area contributed by atoms with Gasteiger partial charge in [0, 0.05) is 0 Å². The number of carbonyl (C=O) groups is 2. The molecule has 0 aliphatic rings. The van der Waals surface area contributed by atoms with E-state index in [2.05, 4.69) is 27.7 Å². The molecule has 0 heterocycles. The Morgan fingerprint density at radius 2 is 1.22 bits per heavy atom. The van der Waals surface area contributed by atoms with Gasteiger partial charge < -0.3 is 18.5 Å². The van der Waals surface area contributed by atoms with Crippen molar-refractivity contribution in [3.63, 3.8) is 0 Å². The quantitative estimate of drug-likeness (QED) is 0.145. The number of rotatable bonds is 20. The second-order valence-corrected chi connectivity index (χ2v) is 10.5. The molecule has 0 bridgehead atoms. The van der Waals surface area contributed by atoms with Gasteiger partial charge in [-0.05, 0) is 38.5 Å². The smallest absolute Gasteiger partial charge is 0.345 e. The number of hydrogen-bond donors (Lipinski definition) is 0. The summed E-state index contributed by atoms with van der Waals surface area (Å²) in [4.78, 5) is 25.5. The minimum absolute atomic E-state index is 0.0963. The van der Waals surface area contributed by atoms with Crippen molar-refractivity contribution in [2.45, 2.75) is 105 Å². The van der Waals surface area contributed by atoms with E-state index in [-0.39, 0.29) is 38.1 Å². The number of esters is 2. The third-order valence-electron chi connectivity index (χ3n) is 5.66. The molecule has 0 unspecified atom stereocenters. The zero-order valence-electron chi connectivity index (χ0n) is 21.2. The highest BCUT2D eigenvalue weighted by Crippen LogP contribution is 2.54. The number of hydrogen-bond acceptors (Lipinski definition) is 7. The lowest BCUT2D eigenvalue weighted by atomic mass is 10.0. The van der Waals surface area contributed by atoms with Crippen LogP contribution in [0.25, 0.3) is 0 Å². The minimum Gasteiger partial charge on any atom is -0.465 e. The summed E-state index contributed by atoms with van der Waals surface area (Å²) >= 11 is 0. The van der Waals surface area contributed by atoms with Crippen molar-refractivity contribution in [3.05, 3.63) is 0 Å². The van der Waals surface area contributed by atoms with Crippen LogP contribution in [-0.2, 0) is 32.7 Å². The molecule has 0 fully saturated rings. The summed E-state index contributed by atoms with van der Waals surface area (Å²) in [5, 5.41) is 0. The van der Waals surface area contributed by atoms with E-state index >= 15 is 0 Å². The summed E-state index contributed by atoms with van der Waals surface area (Å²) in [7, 11) is -3.88. The van der Waals surface area contributed by atoms with Crippen molar-refractivity contribution in [1.82, 2.24) is 0 Å². The van der Waals surface area contributed by atoms with E-state index in [1.807, 2.05) is 0 Å². The molecule has 3 atom stereocenters. The highest BCUT2D eigenvalue weighted by atomic mass is 31.2. The third kappa shape index (κ3) is 12.4. The van der Waals surface area contributed by atoms with Crippen LogP contribution in [-0.4, -0.2) is 44.0 Å². The fourth-order valence-corrected chi connectivity index (χ4v) is 5.28. The molecule has 8 heteroatoms. The Bertz CT molecular complexity index is 542. The first-order chi connectivity index (χ1) is 15.3. The first-order valence-electron chi connectivity index (χ1n) is 12.5. The first kappa shape index (κ1) is 31.1. The molecule has 0 saturated heterocycles. The summed E-state index contributed by atoms with van der Waals surface area (Å²) in [5.74, 6) is -0.799. The van der Waals surface area contributed by atoms with Crippen LogP contribution in [0.5, 0.6) is 0 Å². The molecule has 32 heavy (non-hydrogen) atoms. The monoisotopic (exact) mass is 478 g/mol. The maximum atomic E-state index is 13.4. The van der Waals surface area contributed by atoms with Crippen LogP contribution in [0.4, 0.5) is 0 Å². The van der Waals surface area contributed by atoms with Gasteiger partial charge in [-0.25, -0.2) is 0 Å². The second kappa shape index (κ2) is 18.5. The summed E-state index contributed by atoms with van der Waals surface area (Å²) in [6.07, 6.45) is 7.63. The van der Waals surface area contributed by atoms with Crippen LogP contribution >= 0.6 is 7.60 Å². The van der Waals surface area contributed by atoms with Gasteiger partial charge in [0.2, 0.25) is 0 Å². The molecule has 0 spiro atoms. The normalized spacial score (nSPS) is 14.6. The summed E-state index contributed by atoms with van der Waals surface area (Å²) in [5.41, 5.74) is -1.32. The first-order valence-corrected chi connectivity index (χ1v) is 14.1. The Morgan fingerprint density at radius 3 is 1.62 bits per heavy atom. The predicted octanol–water partition coefficient (Wildman–Crippen LogP) is 6.53. The number of carbonyl (C=O) groups excluding carboxylic acids is 2. The molecule has 0 saturated carbocycles. The van der Waals surface area contributed by atoms with Crippen molar-refractivity contribution in [2.75, 3.05) is 26.4 Å². The highest BCUT2D eigenvalue weighted by molar-refractivity contribution is 7.55. The molecule has 0 aliphatic carbocycles. The zero-order valence-corrected chi connectivity index (χ0v) is 22.1. The van der Waals surface area contributed by atoms with Crippen molar-refractivity contribution in [2.24, 2.45) is 11.8 Å². The maximum Gasteiger partial charge on any atom is 0.345 e. The zero-order chi connectivity index (χ0) is 24.4. The second-order valence-electron chi connectivity index (χ2n) is 8.24. The van der Waals surface area contributed by atoms with E-state index in [0.717, 1.165) is 51.4 Å². The lowest BCUT2D eigenvalue weighted by Gasteiger charge is -2.25. The Balaban J connectivity index is 5.27. The fourth-order valence-electron chi connectivity index (χ4n) is 3.42. The van der Waals surface area contributed by atoms with Crippen molar-refractivity contribution < 1.29 is 32.7 Å². The topological polar surface area (TPSA) is 88.1 Å². The molecule has 0 aliphatic heterocycles. The van der Waals surface area contributed by atoms with Crippen LogP contribution < -0.4 is 0 Å². The Kier molecular flexibility index (Phi) is 18.0. The summed E-state index contributed by atoms with van der Waals surface area (Å²) < 4.78 is 35.1. The molecule has 0 rings (SSSR count). The summed E-state index contributed by atoms with van der Waals surface area (Å²) in [6.45, 7) is 12.4. The maximum absolute atomic E-state index is 13.4. The average Bonchev–Trinajstić information content (AvgIpc) is 2.77. The van der Waals surface area contributed by atoms with Gasteiger partial charge in [-0.3, -0.25) is 14.2 Å². The molecule has 190 valence electrons. The van der Waals surface area contributed by atoms with Crippen LogP contribution in [0.3, 0.4) is 0 Å². The molecule has 0 amide bonds. The van der Waals surface area contributed by atoms with Gasteiger partial charge >= 0.3 is 19.5 Å². The SMILES string of the molecule is CCCC[C@H](CC)COC(=O)C[C@@H](C(=O)OC[C@@H](CC)CCCC)P(=O)(OCC)OCC. The number of unbranched alkanes of at least 4 members (excludes halogenated alkanes) is 2. The van der Waals surface area contributed by atoms with Crippen LogP contribution in [0.15, 0.2) is 0 Å². The Morgan fingerprint density at radius 1 is 0.750 bits per heavy atom. The van der Waals surface area contributed by atoms with Crippen LogP contribution in [0.1, 0.15) is 99.3 Å². The van der Waals surface area contributed by atoms with E-state index in [1.54, 1.807) is 13.8 Å². The Labute approximate surface area is 195 Å². The average molecular weight is 479 g/mol. The molecule has 0 radical (unpaired) electrons. The van der Waals surface area contributed by atoms with E-state index < -0.39 is 25.2 Å². The standard InChI is InChI=1S/C24H47O7P/c1-7-13-15-20(9-3)18-28-23(25)17-22(32(27,30-11-5)31-12-6)24(26)29-19-21(10-4)16-14-8-2/h20-22H,7-19H2,1-6H3/t20-,21-,22-/m0/s1. The van der Waals surface area contributed by atoms with E-state index in [9.17, 15) is 14.2 Å². The van der Waals surface area contributed by atoms with E-state index in [1.165, 1.54) is 0 Å². The number of ether oxygens (including phenoxy) is 2. The molecule has 7 nitrogen and oxygen atoms in total. The van der Waals surface area contributed by atoms with Gasteiger partial charge in [-0.2, -0.15) is 0 Å². The lowest BCUT2D eigenvalue weighted by molar-refractivity contribution is -0.152. The van der Waals surface area contributed by atoms with E-state index in [0.29, 0.717) is 6.61 Å². The third-order valence-corrected chi connectivity index (χ3v) is 8.05. The van der Waals surface area contributed by atoms with Crippen LogP contribution in [0.2, 0.25) is 0 Å². The molecule has 0 aromatic heterocycles. The van der Waals surface area contributed by atoms with Gasteiger partial charge in [0.05, 0.1) is 32.8 Å². The highest BCUT2D eigenvalue weighted by Gasteiger charge is 2.44. The molecular weight excluding hydrogens is 431 g/mol. The van der Waals surface area contributed by atoms with Crippen LogP contribution in [0, 0.1) is 11.8 Å². The molecular formula is C24H47O7P. The molecule has 0 aromatic rings. The molecule has 0 aromatic carbocycles. The van der Waals surface area contributed by atoms with E-state index in [4.69, 9.17) is 18.5 Å². The largest absolute Gasteiger partial charge is 0.465 e. The molecule has 0 N–H and O–H groups in total. The van der Waals surface area contributed by atoms with Crippen molar-refractivity contribution >= 4 is 19.5 Å². The Hall–Kier alpha value is -0.910. The van der Waals surface area contributed by atoms with Gasteiger partial charge in [-0.1, -0.05) is 66.2 Å². The van der Waals surface area contributed by atoms with Crippen molar-refractivity contribution in [1.29, 1.82) is 0 Å². The van der Waals surface area contributed by atoms with Gasteiger partial charge in [0.1, 0.15) is 0 Å². The van der Waals surface area contributed by atoms with Gasteiger partial charge in [0.15, 0.2) is 5.66 Å².